The van der Waals surface area contributed by atoms with E-state index in [9.17, 15) is 0 Å². The number of hydrogen-bond donors (Lipinski definition) is 0. The van der Waals surface area contributed by atoms with Crippen molar-refractivity contribution in [2.45, 2.75) is 13.8 Å². The molecule has 0 unspecified atom stereocenters. The van der Waals surface area contributed by atoms with Crippen LogP contribution in [0.1, 0.15) is 13.8 Å². The molecule has 0 aromatic carbocycles. The monoisotopic (exact) mass is 130 g/mol. The number of hydrogen-bond acceptors (Lipinski definition) is 0. The Morgan fingerprint density at radius 2 is 1.67 bits per heavy atom. The van der Waals surface area contributed by atoms with Crippen molar-refractivity contribution in [1.29, 1.82) is 0 Å². The summed E-state index contributed by atoms with van der Waals surface area (Å²) in [4.78, 5) is 0. The molecule has 0 aromatic rings. The fourth-order valence-electron chi connectivity index (χ4n) is 0. The van der Waals surface area contributed by atoms with Crippen LogP contribution in [0.4, 0.5) is 0 Å². The molecular weight excluding hydrogens is 124 g/mol. The van der Waals surface area contributed by atoms with Crippen LogP contribution in [0, 0.1) is 18.3 Å². The van der Waals surface area contributed by atoms with Crippen molar-refractivity contribution >= 4 is 0 Å². The van der Waals surface area contributed by atoms with Gasteiger partial charge in [-0.25, -0.2) is 0 Å². The molecule has 0 amide bonds. The first-order valence-corrected chi connectivity index (χ1v) is 1.69. The average Bonchev–Trinajstić information content (AvgIpc) is 1.38. The van der Waals surface area contributed by atoms with Gasteiger partial charge in [-0.2, -0.15) is 0 Å². The second-order valence-electron chi connectivity index (χ2n) is 1.30. The van der Waals surface area contributed by atoms with E-state index in [1.54, 1.807) is 0 Å². The Morgan fingerprint density at radius 3 is 1.67 bits per heavy atom. The van der Waals surface area contributed by atoms with Gasteiger partial charge in [0, 0.05) is 0 Å². The van der Waals surface area contributed by atoms with E-state index in [1.807, 2.05) is 13.8 Å². The van der Waals surface area contributed by atoms with E-state index >= 15 is 0 Å². The SMILES string of the molecule is [C-]#CC(C)C.[Cu+]. The predicted octanol–water partition coefficient (Wildman–Crippen LogP) is 1.23. The summed E-state index contributed by atoms with van der Waals surface area (Å²) < 4.78 is 0. The van der Waals surface area contributed by atoms with Crippen molar-refractivity contribution in [1.82, 2.24) is 0 Å². The predicted molar refractivity (Wildman–Crippen MR) is 22.0 cm³/mol. The summed E-state index contributed by atoms with van der Waals surface area (Å²) in [5, 5.41) is 0. The molecule has 0 saturated carbocycles. The molecule has 0 radical (unpaired) electrons. The summed E-state index contributed by atoms with van der Waals surface area (Å²) in [5.74, 6) is 2.58. The molecule has 1 heteroatoms. The molecule has 0 nitrogen and oxygen atoms in total. The van der Waals surface area contributed by atoms with Gasteiger partial charge in [0.05, 0.1) is 0 Å². The van der Waals surface area contributed by atoms with Gasteiger partial charge in [0.25, 0.3) is 0 Å². The Balaban J connectivity index is 0. The van der Waals surface area contributed by atoms with E-state index in [2.05, 4.69) is 5.92 Å². The smallest absolute Gasteiger partial charge is 0.693 e. The van der Waals surface area contributed by atoms with Crippen LogP contribution in [0.5, 0.6) is 0 Å². The van der Waals surface area contributed by atoms with Crippen molar-refractivity contribution in [3.05, 3.63) is 6.42 Å². The minimum Gasteiger partial charge on any atom is -0.693 e. The van der Waals surface area contributed by atoms with Crippen molar-refractivity contribution in [2.75, 3.05) is 0 Å². The van der Waals surface area contributed by atoms with Crippen molar-refractivity contribution < 1.29 is 17.1 Å². The molecule has 0 aliphatic heterocycles. The van der Waals surface area contributed by atoms with Crippen LogP contribution in [0.2, 0.25) is 0 Å². The van der Waals surface area contributed by atoms with E-state index in [-0.39, 0.29) is 17.1 Å². The zero-order valence-electron chi connectivity index (χ0n) is 3.88. The first kappa shape index (κ1) is 9.43. The summed E-state index contributed by atoms with van der Waals surface area (Å²) >= 11 is 0. The Labute approximate surface area is 49.8 Å². The van der Waals surface area contributed by atoms with E-state index in [1.165, 1.54) is 0 Å². The van der Waals surface area contributed by atoms with Crippen LogP contribution < -0.4 is 0 Å². The first-order chi connectivity index (χ1) is 2.27. The van der Waals surface area contributed by atoms with Crippen LogP contribution in [0.25, 0.3) is 0 Å². The normalized spacial score (nSPS) is 6.33. The molecule has 0 heterocycles. The third-order valence-corrected chi connectivity index (χ3v) is 0.289. The van der Waals surface area contributed by atoms with Gasteiger partial charge in [0.15, 0.2) is 0 Å². The third kappa shape index (κ3) is 8.95. The van der Waals surface area contributed by atoms with Gasteiger partial charge in [-0.05, 0) is 5.92 Å². The van der Waals surface area contributed by atoms with E-state index in [0.717, 1.165) is 0 Å². The molecule has 0 aliphatic rings. The molecule has 0 bridgehead atoms. The fourth-order valence-corrected chi connectivity index (χ4v) is 0. The molecule has 0 rings (SSSR count). The van der Waals surface area contributed by atoms with E-state index < -0.39 is 0 Å². The maximum atomic E-state index is 6.41. The fraction of sp³-hybridized carbons (Fsp3) is 0.600. The molecule has 0 fully saturated rings. The van der Waals surface area contributed by atoms with Gasteiger partial charge >= 0.3 is 17.1 Å². The molecule has 0 atom stereocenters. The van der Waals surface area contributed by atoms with Gasteiger partial charge in [0.2, 0.25) is 0 Å². The second-order valence-corrected chi connectivity index (χ2v) is 1.30. The molecule has 0 spiro atoms. The van der Waals surface area contributed by atoms with Gasteiger partial charge in [-0.1, -0.05) is 13.8 Å². The van der Waals surface area contributed by atoms with Crippen LogP contribution >= 0.6 is 0 Å². The summed E-state index contributed by atoms with van der Waals surface area (Å²) in [7, 11) is 0. The van der Waals surface area contributed by atoms with Crippen molar-refractivity contribution in [3.8, 4) is 5.92 Å². The Bertz CT molecular complexity index is 49.4. The van der Waals surface area contributed by atoms with Crippen LogP contribution in [0.15, 0.2) is 0 Å². The maximum Gasteiger partial charge on any atom is 1.00 e. The van der Waals surface area contributed by atoms with Gasteiger partial charge in [-0.15, -0.1) is 0 Å². The topological polar surface area (TPSA) is 0 Å². The molecular formula is C5H7Cu. The molecule has 6 heavy (non-hydrogen) atoms. The largest absolute Gasteiger partial charge is 1.00 e. The quantitative estimate of drug-likeness (QED) is 0.263. The summed E-state index contributed by atoms with van der Waals surface area (Å²) in [6.45, 7) is 3.85. The van der Waals surface area contributed by atoms with Crippen LogP contribution in [0.3, 0.4) is 0 Å². The zero-order valence-corrected chi connectivity index (χ0v) is 4.82. The minimum absolute atomic E-state index is 0. The minimum atomic E-state index is 0. The summed E-state index contributed by atoms with van der Waals surface area (Å²) in [6, 6.07) is 0. The Kier molecular flexibility index (Phi) is 7.98. The molecule has 0 N–H and O–H groups in total. The van der Waals surface area contributed by atoms with Crippen LogP contribution in [-0.4, -0.2) is 0 Å². The second kappa shape index (κ2) is 5.08. The molecule has 0 aromatic heterocycles. The van der Waals surface area contributed by atoms with Crippen molar-refractivity contribution in [2.24, 2.45) is 5.92 Å². The van der Waals surface area contributed by atoms with Gasteiger partial charge in [-0.3, -0.25) is 0 Å². The van der Waals surface area contributed by atoms with E-state index in [0.29, 0.717) is 5.92 Å². The standard InChI is InChI=1S/C5H7.Cu/c1-4-5(2)3;/h5H,2-3H3;/q-1;+1. The van der Waals surface area contributed by atoms with Gasteiger partial charge in [0.1, 0.15) is 0 Å². The van der Waals surface area contributed by atoms with Crippen LogP contribution in [-0.2, 0) is 17.1 Å². The van der Waals surface area contributed by atoms with Gasteiger partial charge < -0.3 is 12.3 Å². The molecule has 0 aliphatic carbocycles. The summed E-state index contributed by atoms with van der Waals surface area (Å²) in [5.41, 5.74) is 0. The average molecular weight is 131 g/mol. The third-order valence-electron chi connectivity index (χ3n) is 0.289. The first-order valence-electron chi connectivity index (χ1n) is 1.69. The Morgan fingerprint density at radius 1 is 1.50 bits per heavy atom. The van der Waals surface area contributed by atoms with E-state index in [4.69, 9.17) is 6.42 Å². The number of rotatable bonds is 0. The zero-order chi connectivity index (χ0) is 4.28. The maximum absolute atomic E-state index is 6.41. The Hall–Kier alpha value is 0.0795. The van der Waals surface area contributed by atoms with Crippen molar-refractivity contribution in [3.63, 3.8) is 0 Å². The molecule has 38 valence electrons. The summed E-state index contributed by atoms with van der Waals surface area (Å²) in [6.07, 6.45) is 6.41. The molecule has 0 saturated heterocycles.